The maximum Gasteiger partial charge on any atom is 0.418 e. The van der Waals surface area contributed by atoms with E-state index in [1.54, 1.807) is 24.3 Å². The number of aryl methyl sites for hydroxylation is 1. The summed E-state index contributed by atoms with van der Waals surface area (Å²) in [7, 11) is 1.54. The quantitative estimate of drug-likeness (QED) is 0.604. The largest absolute Gasteiger partial charge is 0.456 e. The number of ether oxygens (including phenoxy) is 1. The molecule has 2 aromatic carbocycles. The number of para-hydroxylation sites is 2. The fourth-order valence-corrected chi connectivity index (χ4v) is 2.95. The molecule has 0 aliphatic heterocycles. The van der Waals surface area contributed by atoms with Gasteiger partial charge in [0.05, 0.1) is 28.6 Å². The van der Waals surface area contributed by atoms with E-state index in [4.69, 9.17) is 4.74 Å². The van der Waals surface area contributed by atoms with E-state index in [1.165, 1.54) is 23.7 Å². The van der Waals surface area contributed by atoms with Crippen LogP contribution in [0.15, 0.2) is 53.3 Å². The fraction of sp³-hybridized carbons (Fsp3) is 0.238. The zero-order chi connectivity index (χ0) is 22.6. The molecule has 0 aliphatic rings. The third-order valence-electron chi connectivity index (χ3n) is 4.50. The van der Waals surface area contributed by atoms with Gasteiger partial charge in [-0.3, -0.25) is 19.0 Å². The molecule has 0 fully saturated rings. The third-order valence-corrected chi connectivity index (χ3v) is 4.50. The van der Waals surface area contributed by atoms with Crippen molar-refractivity contribution >= 4 is 28.5 Å². The lowest BCUT2D eigenvalue weighted by molar-refractivity contribution is -0.147. The van der Waals surface area contributed by atoms with Crippen molar-refractivity contribution in [3.8, 4) is 0 Å². The molecule has 0 spiro atoms. The molecular formula is C21H18F3N3O4. The Morgan fingerprint density at radius 2 is 1.77 bits per heavy atom. The van der Waals surface area contributed by atoms with Crippen LogP contribution in [0.25, 0.3) is 10.9 Å². The molecule has 1 N–H and O–H groups in total. The molecule has 0 unspecified atom stereocenters. The monoisotopic (exact) mass is 433 g/mol. The van der Waals surface area contributed by atoms with Crippen LogP contribution in [0.3, 0.4) is 0 Å². The summed E-state index contributed by atoms with van der Waals surface area (Å²) in [6, 6.07) is 11.3. The minimum Gasteiger partial charge on any atom is -0.456 e. The van der Waals surface area contributed by atoms with Crippen molar-refractivity contribution in [1.29, 1.82) is 0 Å². The van der Waals surface area contributed by atoms with Gasteiger partial charge in [-0.05, 0) is 24.3 Å². The number of rotatable bonds is 6. The lowest BCUT2D eigenvalue weighted by Gasteiger charge is -2.13. The number of carbonyl (C=O) groups is 2. The van der Waals surface area contributed by atoms with Gasteiger partial charge in [0.25, 0.3) is 11.5 Å². The lowest BCUT2D eigenvalue weighted by Crippen LogP contribution is -2.24. The Bertz CT molecular complexity index is 1190. The van der Waals surface area contributed by atoms with Crippen molar-refractivity contribution in [2.45, 2.75) is 19.0 Å². The van der Waals surface area contributed by atoms with Gasteiger partial charge in [0.2, 0.25) is 0 Å². The molecule has 31 heavy (non-hydrogen) atoms. The van der Waals surface area contributed by atoms with Crippen LogP contribution < -0.4 is 10.9 Å². The number of hydrogen-bond acceptors (Lipinski definition) is 5. The Balaban J connectivity index is 1.57. The minimum absolute atomic E-state index is 0.0912. The summed E-state index contributed by atoms with van der Waals surface area (Å²) in [5.41, 5.74) is -1.18. The fourth-order valence-electron chi connectivity index (χ4n) is 2.95. The molecule has 1 heterocycles. The van der Waals surface area contributed by atoms with Gasteiger partial charge in [-0.1, -0.05) is 24.3 Å². The Morgan fingerprint density at radius 1 is 1.10 bits per heavy atom. The van der Waals surface area contributed by atoms with E-state index in [-0.39, 0.29) is 18.4 Å². The number of nitrogens with zero attached hydrogens (tertiary/aromatic N) is 2. The van der Waals surface area contributed by atoms with E-state index < -0.39 is 35.9 Å². The predicted octanol–water partition coefficient (Wildman–Crippen LogP) is 3.07. The lowest BCUT2D eigenvalue weighted by atomic mass is 10.1. The average Bonchev–Trinajstić information content (AvgIpc) is 2.73. The first-order valence-corrected chi connectivity index (χ1v) is 9.23. The van der Waals surface area contributed by atoms with Crippen molar-refractivity contribution in [1.82, 2.24) is 9.55 Å². The van der Waals surface area contributed by atoms with Crippen molar-refractivity contribution in [3.63, 3.8) is 0 Å². The second-order valence-electron chi connectivity index (χ2n) is 6.66. The van der Waals surface area contributed by atoms with E-state index >= 15 is 0 Å². The van der Waals surface area contributed by atoms with Gasteiger partial charge < -0.3 is 10.1 Å². The Morgan fingerprint density at radius 3 is 2.52 bits per heavy atom. The number of aromatic nitrogens is 2. The highest BCUT2D eigenvalue weighted by molar-refractivity contribution is 5.93. The van der Waals surface area contributed by atoms with Gasteiger partial charge in [0.15, 0.2) is 6.61 Å². The molecule has 0 atom stereocenters. The summed E-state index contributed by atoms with van der Waals surface area (Å²) in [4.78, 5) is 40.6. The summed E-state index contributed by atoms with van der Waals surface area (Å²) in [5.74, 6) is -1.29. The van der Waals surface area contributed by atoms with Crippen molar-refractivity contribution in [2.24, 2.45) is 7.05 Å². The molecule has 0 radical (unpaired) electrons. The van der Waals surface area contributed by atoms with E-state index in [0.717, 1.165) is 12.1 Å². The zero-order valence-electron chi connectivity index (χ0n) is 16.4. The van der Waals surface area contributed by atoms with Crippen molar-refractivity contribution in [2.75, 3.05) is 11.9 Å². The Hall–Kier alpha value is -3.69. The summed E-state index contributed by atoms with van der Waals surface area (Å²) in [6.07, 6.45) is -4.71. The molecule has 10 heteroatoms. The van der Waals surface area contributed by atoms with E-state index in [0.29, 0.717) is 16.7 Å². The van der Waals surface area contributed by atoms with Gasteiger partial charge in [-0.15, -0.1) is 0 Å². The second kappa shape index (κ2) is 8.99. The third kappa shape index (κ3) is 5.27. The van der Waals surface area contributed by atoms with Crippen molar-refractivity contribution in [3.05, 3.63) is 70.3 Å². The van der Waals surface area contributed by atoms with Crippen LogP contribution in [0.4, 0.5) is 18.9 Å². The van der Waals surface area contributed by atoms with E-state index in [9.17, 15) is 27.6 Å². The number of carbonyl (C=O) groups excluding carboxylic acids is 2. The molecule has 0 bridgehead atoms. The summed E-state index contributed by atoms with van der Waals surface area (Å²) >= 11 is 0. The normalized spacial score (nSPS) is 11.4. The number of nitrogens with one attached hydrogen (secondary N) is 1. The molecule has 1 aromatic heterocycles. The summed E-state index contributed by atoms with van der Waals surface area (Å²) < 4.78 is 45.1. The number of halogens is 3. The van der Waals surface area contributed by atoms with E-state index in [1.807, 2.05) is 0 Å². The number of alkyl halides is 3. The van der Waals surface area contributed by atoms with Gasteiger partial charge in [0, 0.05) is 13.5 Å². The van der Waals surface area contributed by atoms with Crippen LogP contribution in [-0.2, 0) is 34.0 Å². The van der Waals surface area contributed by atoms with Crippen molar-refractivity contribution < 1.29 is 27.5 Å². The van der Waals surface area contributed by atoms with Crippen LogP contribution in [0.1, 0.15) is 17.8 Å². The number of hydrogen-bond donors (Lipinski definition) is 1. The van der Waals surface area contributed by atoms with Gasteiger partial charge >= 0.3 is 12.1 Å². The smallest absolute Gasteiger partial charge is 0.418 e. The Labute approximate surface area is 174 Å². The molecule has 1 amide bonds. The highest BCUT2D eigenvalue weighted by Gasteiger charge is 2.33. The summed E-state index contributed by atoms with van der Waals surface area (Å²) in [6.45, 7) is -0.741. The number of amides is 1. The summed E-state index contributed by atoms with van der Waals surface area (Å²) in [5, 5.41) is 2.54. The highest BCUT2D eigenvalue weighted by atomic mass is 19.4. The first kappa shape index (κ1) is 22.0. The average molecular weight is 433 g/mol. The maximum atomic E-state index is 13.0. The molecule has 162 valence electrons. The molecule has 3 rings (SSSR count). The van der Waals surface area contributed by atoms with Crippen LogP contribution in [-0.4, -0.2) is 28.0 Å². The maximum absolute atomic E-state index is 13.0. The number of benzene rings is 2. The first-order valence-electron chi connectivity index (χ1n) is 9.23. The molecule has 0 aliphatic carbocycles. The molecule has 0 saturated carbocycles. The predicted molar refractivity (Wildman–Crippen MR) is 106 cm³/mol. The second-order valence-corrected chi connectivity index (χ2v) is 6.66. The Kier molecular flexibility index (Phi) is 6.38. The number of fused-ring (bicyclic) bond motifs is 1. The standard InChI is InChI=1S/C21H18F3N3O4/c1-27-17(25-15-8-4-2-6-13(15)20(27)30)10-11-19(29)31-12-18(28)26-16-9-5-3-7-14(16)21(22,23)24/h2-9H,10-12H2,1H3,(H,26,28). The molecule has 7 nitrogen and oxygen atoms in total. The molecular weight excluding hydrogens is 415 g/mol. The topological polar surface area (TPSA) is 90.3 Å². The minimum atomic E-state index is -4.64. The first-order chi connectivity index (χ1) is 14.7. The number of esters is 1. The van der Waals surface area contributed by atoms with Gasteiger partial charge in [0.1, 0.15) is 5.82 Å². The molecule has 3 aromatic rings. The van der Waals surface area contributed by atoms with Crippen LogP contribution in [0.5, 0.6) is 0 Å². The van der Waals surface area contributed by atoms with E-state index in [2.05, 4.69) is 10.3 Å². The van der Waals surface area contributed by atoms with Gasteiger partial charge in [-0.2, -0.15) is 13.2 Å². The molecule has 0 saturated heterocycles. The zero-order valence-corrected chi connectivity index (χ0v) is 16.4. The SMILES string of the molecule is Cn1c(CCC(=O)OCC(=O)Nc2ccccc2C(F)(F)F)nc2ccccc2c1=O. The van der Waals surface area contributed by atoms with Crippen LogP contribution in [0.2, 0.25) is 0 Å². The number of anilines is 1. The highest BCUT2D eigenvalue weighted by Crippen LogP contribution is 2.34. The van der Waals surface area contributed by atoms with Gasteiger partial charge in [-0.25, -0.2) is 4.98 Å². The van der Waals surface area contributed by atoms with Crippen LogP contribution >= 0.6 is 0 Å². The van der Waals surface area contributed by atoms with Crippen LogP contribution in [0, 0.1) is 0 Å².